The van der Waals surface area contributed by atoms with E-state index in [1.54, 1.807) is 6.20 Å². The lowest BCUT2D eigenvalue weighted by Gasteiger charge is -2.17. The zero-order chi connectivity index (χ0) is 15.2. The van der Waals surface area contributed by atoms with Crippen LogP contribution in [0, 0.1) is 5.92 Å². The van der Waals surface area contributed by atoms with Gasteiger partial charge in [-0.15, -0.1) is 0 Å². The molecule has 1 atom stereocenters. The molecular formula is C18H21NO2. The Kier molecular flexibility index (Phi) is 5.09. The van der Waals surface area contributed by atoms with Gasteiger partial charge in [-0.3, -0.25) is 9.78 Å². The van der Waals surface area contributed by atoms with Crippen molar-refractivity contribution in [3.05, 3.63) is 54.4 Å². The standard InChI is InChI=1S/C18H21NO2/c1-13(2)9-17(18(20)21-3)16-10-15(11-19-12-16)14-7-5-4-6-8-14/h4-8,10-13,17H,9H2,1-3H3/t17-/m0/s1. The molecule has 2 rings (SSSR count). The summed E-state index contributed by atoms with van der Waals surface area (Å²) in [5, 5.41) is 0. The minimum Gasteiger partial charge on any atom is -0.469 e. The zero-order valence-corrected chi connectivity index (χ0v) is 12.7. The molecule has 2 aromatic rings. The Balaban J connectivity index is 2.36. The van der Waals surface area contributed by atoms with Crippen molar-refractivity contribution >= 4 is 5.97 Å². The molecule has 21 heavy (non-hydrogen) atoms. The third-order valence-electron chi connectivity index (χ3n) is 3.46. The fourth-order valence-electron chi connectivity index (χ4n) is 2.42. The van der Waals surface area contributed by atoms with Gasteiger partial charge in [0.25, 0.3) is 0 Å². The number of nitrogens with zero attached hydrogens (tertiary/aromatic N) is 1. The molecular weight excluding hydrogens is 262 g/mol. The van der Waals surface area contributed by atoms with E-state index in [1.807, 2.05) is 42.6 Å². The van der Waals surface area contributed by atoms with E-state index in [9.17, 15) is 4.79 Å². The number of carbonyl (C=O) groups excluding carboxylic acids is 1. The largest absolute Gasteiger partial charge is 0.469 e. The molecule has 0 saturated heterocycles. The molecule has 1 aromatic carbocycles. The minimum absolute atomic E-state index is 0.198. The molecule has 0 fully saturated rings. The van der Waals surface area contributed by atoms with Crippen molar-refractivity contribution in [2.75, 3.05) is 7.11 Å². The summed E-state index contributed by atoms with van der Waals surface area (Å²) in [6.07, 6.45) is 4.34. The zero-order valence-electron chi connectivity index (χ0n) is 12.7. The van der Waals surface area contributed by atoms with Gasteiger partial charge in [0.2, 0.25) is 0 Å². The van der Waals surface area contributed by atoms with Gasteiger partial charge in [-0.25, -0.2) is 0 Å². The van der Waals surface area contributed by atoms with Crippen molar-refractivity contribution < 1.29 is 9.53 Å². The molecule has 0 aliphatic rings. The van der Waals surface area contributed by atoms with E-state index in [-0.39, 0.29) is 11.9 Å². The van der Waals surface area contributed by atoms with Crippen LogP contribution in [0.15, 0.2) is 48.8 Å². The Labute approximate surface area is 126 Å². The highest BCUT2D eigenvalue weighted by atomic mass is 16.5. The second-order valence-electron chi connectivity index (χ2n) is 5.58. The molecule has 0 N–H and O–H groups in total. The maximum Gasteiger partial charge on any atom is 0.313 e. The van der Waals surface area contributed by atoms with Crippen LogP contribution >= 0.6 is 0 Å². The summed E-state index contributed by atoms with van der Waals surface area (Å²) in [5.41, 5.74) is 3.03. The summed E-state index contributed by atoms with van der Waals surface area (Å²) in [5.74, 6) is -0.0450. The van der Waals surface area contributed by atoms with E-state index >= 15 is 0 Å². The van der Waals surface area contributed by atoms with Gasteiger partial charge in [0.1, 0.15) is 0 Å². The topological polar surface area (TPSA) is 39.2 Å². The maximum atomic E-state index is 12.0. The van der Waals surface area contributed by atoms with Gasteiger partial charge < -0.3 is 4.74 Å². The number of aromatic nitrogens is 1. The predicted octanol–water partition coefficient (Wildman–Crippen LogP) is 4.05. The van der Waals surface area contributed by atoms with Crippen molar-refractivity contribution in [2.45, 2.75) is 26.2 Å². The first-order valence-corrected chi connectivity index (χ1v) is 7.20. The van der Waals surface area contributed by atoms with Gasteiger partial charge in [-0.1, -0.05) is 44.2 Å². The van der Waals surface area contributed by atoms with Gasteiger partial charge >= 0.3 is 5.97 Å². The van der Waals surface area contributed by atoms with Gasteiger partial charge in [-0.05, 0) is 29.5 Å². The van der Waals surface area contributed by atoms with Gasteiger partial charge in [0, 0.05) is 18.0 Å². The lowest BCUT2D eigenvalue weighted by Crippen LogP contribution is -2.16. The molecule has 3 heteroatoms. The monoisotopic (exact) mass is 283 g/mol. The summed E-state index contributed by atoms with van der Waals surface area (Å²) >= 11 is 0. The van der Waals surface area contributed by atoms with Crippen LogP contribution in [-0.2, 0) is 9.53 Å². The van der Waals surface area contributed by atoms with E-state index in [1.165, 1.54) is 7.11 Å². The van der Waals surface area contributed by atoms with Crippen molar-refractivity contribution in [3.8, 4) is 11.1 Å². The van der Waals surface area contributed by atoms with Crippen LogP contribution in [-0.4, -0.2) is 18.1 Å². The third-order valence-corrected chi connectivity index (χ3v) is 3.46. The van der Waals surface area contributed by atoms with Crippen LogP contribution in [0.1, 0.15) is 31.7 Å². The number of carbonyl (C=O) groups is 1. The first-order valence-electron chi connectivity index (χ1n) is 7.20. The van der Waals surface area contributed by atoms with Crippen LogP contribution in [0.4, 0.5) is 0 Å². The fraction of sp³-hybridized carbons (Fsp3) is 0.333. The maximum absolute atomic E-state index is 12.0. The second kappa shape index (κ2) is 7.02. The van der Waals surface area contributed by atoms with Gasteiger partial charge in [0.05, 0.1) is 13.0 Å². The predicted molar refractivity (Wildman–Crippen MR) is 83.9 cm³/mol. The number of benzene rings is 1. The molecule has 0 amide bonds. The summed E-state index contributed by atoms with van der Waals surface area (Å²) < 4.78 is 4.95. The molecule has 0 saturated carbocycles. The van der Waals surface area contributed by atoms with Crippen LogP contribution in [0.2, 0.25) is 0 Å². The smallest absolute Gasteiger partial charge is 0.313 e. The number of ether oxygens (including phenoxy) is 1. The first kappa shape index (κ1) is 15.2. The Bertz CT molecular complexity index is 593. The molecule has 0 aliphatic carbocycles. The first-order chi connectivity index (χ1) is 10.1. The molecule has 0 radical (unpaired) electrons. The van der Waals surface area contributed by atoms with Crippen molar-refractivity contribution in [1.29, 1.82) is 0 Å². The summed E-state index contributed by atoms with van der Waals surface area (Å²) in [7, 11) is 1.43. The van der Waals surface area contributed by atoms with Gasteiger partial charge in [0.15, 0.2) is 0 Å². The lowest BCUT2D eigenvalue weighted by atomic mass is 9.90. The number of rotatable bonds is 5. The second-order valence-corrected chi connectivity index (χ2v) is 5.58. The van der Waals surface area contributed by atoms with Crippen molar-refractivity contribution in [2.24, 2.45) is 5.92 Å². The van der Waals surface area contributed by atoms with E-state index in [4.69, 9.17) is 4.74 Å². The Morgan fingerprint density at radius 1 is 1.14 bits per heavy atom. The Morgan fingerprint density at radius 3 is 2.48 bits per heavy atom. The Hall–Kier alpha value is -2.16. The van der Waals surface area contributed by atoms with Crippen LogP contribution in [0.25, 0.3) is 11.1 Å². The minimum atomic E-state index is -0.258. The highest BCUT2D eigenvalue weighted by Crippen LogP contribution is 2.28. The van der Waals surface area contributed by atoms with Crippen LogP contribution in [0.5, 0.6) is 0 Å². The van der Waals surface area contributed by atoms with E-state index < -0.39 is 0 Å². The lowest BCUT2D eigenvalue weighted by molar-refractivity contribution is -0.142. The highest BCUT2D eigenvalue weighted by molar-refractivity contribution is 5.78. The molecule has 3 nitrogen and oxygen atoms in total. The number of methoxy groups -OCH3 is 1. The number of esters is 1. The molecule has 0 aliphatic heterocycles. The third kappa shape index (κ3) is 3.91. The van der Waals surface area contributed by atoms with Crippen LogP contribution < -0.4 is 0 Å². The summed E-state index contributed by atoms with van der Waals surface area (Å²) in [6.45, 7) is 4.20. The van der Waals surface area contributed by atoms with E-state index in [0.717, 1.165) is 23.1 Å². The number of hydrogen-bond donors (Lipinski definition) is 0. The van der Waals surface area contributed by atoms with E-state index in [0.29, 0.717) is 5.92 Å². The van der Waals surface area contributed by atoms with E-state index in [2.05, 4.69) is 18.8 Å². The summed E-state index contributed by atoms with van der Waals surface area (Å²) in [6, 6.07) is 12.1. The molecule has 0 bridgehead atoms. The average Bonchev–Trinajstić information content (AvgIpc) is 2.52. The SMILES string of the molecule is COC(=O)[C@@H](CC(C)C)c1cncc(-c2ccccc2)c1. The summed E-state index contributed by atoms with van der Waals surface area (Å²) in [4.78, 5) is 16.3. The molecule has 0 unspecified atom stereocenters. The quantitative estimate of drug-likeness (QED) is 0.777. The Morgan fingerprint density at radius 2 is 1.86 bits per heavy atom. The average molecular weight is 283 g/mol. The fourth-order valence-corrected chi connectivity index (χ4v) is 2.42. The van der Waals surface area contributed by atoms with Crippen molar-refractivity contribution in [3.63, 3.8) is 0 Å². The molecule has 0 spiro atoms. The van der Waals surface area contributed by atoms with Crippen LogP contribution in [0.3, 0.4) is 0 Å². The molecule has 1 aromatic heterocycles. The van der Waals surface area contributed by atoms with Gasteiger partial charge in [-0.2, -0.15) is 0 Å². The van der Waals surface area contributed by atoms with Crippen molar-refractivity contribution in [1.82, 2.24) is 4.98 Å². The molecule has 1 heterocycles. The normalized spacial score (nSPS) is 12.2. The number of hydrogen-bond acceptors (Lipinski definition) is 3. The highest BCUT2D eigenvalue weighted by Gasteiger charge is 2.23. The number of pyridine rings is 1. The molecule has 110 valence electrons.